The molecule has 0 radical (unpaired) electrons. The van der Waals surface area contributed by atoms with E-state index in [2.05, 4.69) is 25.7 Å². The fourth-order valence-corrected chi connectivity index (χ4v) is 3.59. The quantitative estimate of drug-likeness (QED) is 0.865. The summed E-state index contributed by atoms with van der Waals surface area (Å²) in [6, 6.07) is 2.45. The van der Waals surface area contributed by atoms with Crippen LogP contribution in [0.4, 0.5) is 4.79 Å². The van der Waals surface area contributed by atoms with Crippen LogP contribution < -0.4 is 0 Å². The Morgan fingerprint density at radius 1 is 1.59 bits per heavy atom. The lowest BCUT2D eigenvalue weighted by Crippen LogP contribution is -2.63. The lowest BCUT2D eigenvalue weighted by Gasteiger charge is -2.58. The van der Waals surface area contributed by atoms with E-state index in [0.717, 1.165) is 23.1 Å². The molecular formula is C11H14BrN3O2. The van der Waals surface area contributed by atoms with Crippen LogP contribution in [0.5, 0.6) is 0 Å². The summed E-state index contributed by atoms with van der Waals surface area (Å²) in [7, 11) is 0. The summed E-state index contributed by atoms with van der Waals surface area (Å²) in [5, 5.41) is 13.2. The highest BCUT2D eigenvalue weighted by Crippen LogP contribution is 2.54. The summed E-state index contributed by atoms with van der Waals surface area (Å²) in [6.07, 6.45) is 1.30. The molecule has 1 aromatic rings. The van der Waals surface area contributed by atoms with E-state index in [1.807, 2.05) is 13.0 Å². The third kappa shape index (κ3) is 1.66. The number of carboxylic acid groups (broad SMARTS) is 1. The second-order valence-electron chi connectivity index (χ2n) is 5.25. The first-order chi connectivity index (χ1) is 7.99. The van der Waals surface area contributed by atoms with Crippen LogP contribution >= 0.6 is 15.9 Å². The molecule has 2 aliphatic rings. The van der Waals surface area contributed by atoms with Crippen molar-refractivity contribution in [2.75, 3.05) is 13.1 Å². The number of hydrogen-bond acceptors (Lipinski definition) is 2. The zero-order valence-corrected chi connectivity index (χ0v) is 11.1. The van der Waals surface area contributed by atoms with E-state index >= 15 is 0 Å². The van der Waals surface area contributed by atoms with E-state index in [-0.39, 0.29) is 5.41 Å². The molecule has 1 aliphatic carbocycles. The molecule has 1 amide bonds. The molecule has 1 N–H and O–H groups in total. The van der Waals surface area contributed by atoms with Crippen LogP contribution in [0.2, 0.25) is 0 Å². The predicted molar refractivity (Wildman–Crippen MR) is 65.0 cm³/mol. The summed E-state index contributed by atoms with van der Waals surface area (Å²) < 4.78 is 2.93. The highest BCUT2D eigenvalue weighted by molar-refractivity contribution is 9.10. The molecule has 92 valence electrons. The van der Waals surface area contributed by atoms with Gasteiger partial charge < -0.3 is 10.0 Å². The van der Waals surface area contributed by atoms with Crippen molar-refractivity contribution in [1.82, 2.24) is 14.7 Å². The maximum absolute atomic E-state index is 10.7. The fraction of sp³-hybridized carbons (Fsp3) is 0.636. The molecule has 2 fully saturated rings. The van der Waals surface area contributed by atoms with Gasteiger partial charge in [-0.05, 0) is 41.8 Å². The van der Waals surface area contributed by atoms with Gasteiger partial charge in [-0.15, -0.1) is 0 Å². The zero-order valence-electron chi connectivity index (χ0n) is 9.56. The molecule has 1 aromatic heterocycles. The molecule has 1 saturated heterocycles. The van der Waals surface area contributed by atoms with E-state index in [0.29, 0.717) is 19.1 Å². The maximum Gasteiger partial charge on any atom is 0.407 e. The summed E-state index contributed by atoms with van der Waals surface area (Å²) >= 11 is 3.37. The lowest BCUT2D eigenvalue weighted by molar-refractivity contribution is -0.0776. The number of likely N-dealkylation sites (tertiary alicyclic amines) is 1. The van der Waals surface area contributed by atoms with Gasteiger partial charge in [-0.1, -0.05) is 0 Å². The molecule has 0 unspecified atom stereocenters. The first-order valence-electron chi connectivity index (χ1n) is 5.69. The normalized spacial score (nSPS) is 22.4. The average Bonchev–Trinajstić information content (AvgIpc) is 2.40. The van der Waals surface area contributed by atoms with Crippen LogP contribution in [0.1, 0.15) is 24.6 Å². The molecule has 2 heterocycles. The van der Waals surface area contributed by atoms with Crippen molar-refractivity contribution in [2.24, 2.45) is 5.41 Å². The monoisotopic (exact) mass is 299 g/mol. The van der Waals surface area contributed by atoms with Gasteiger partial charge in [0, 0.05) is 24.2 Å². The molecule has 0 bridgehead atoms. The molecule has 0 atom stereocenters. The second kappa shape index (κ2) is 3.48. The Balaban J connectivity index is 1.63. The topological polar surface area (TPSA) is 58.4 Å². The number of rotatable bonds is 1. The average molecular weight is 300 g/mol. The number of aromatic nitrogens is 2. The minimum absolute atomic E-state index is 0.244. The van der Waals surface area contributed by atoms with Crippen LogP contribution in [0.15, 0.2) is 10.7 Å². The Labute approximate surface area is 108 Å². The van der Waals surface area contributed by atoms with Crippen molar-refractivity contribution >= 4 is 22.0 Å². The van der Waals surface area contributed by atoms with Crippen molar-refractivity contribution in [3.05, 3.63) is 16.4 Å². The smallest absolute Gasteiger partial charge is 0.407 e. The lowest BCUT2D eigenvalue weighted by atomic mass is 9.61. The molecule has 1 aliphatic heterocycles. The predicted octanol–water partition coefficient (Wildman–Crippen LogP) is 2.27. The van der Waals surface area contributed by atoms with Crippen LogP contribution in [-0.4, -0.2) is 39.0 Å². The zero-order chi connectivity index (χ0) is 12.2. The van der Waals surface area contributed by atoms with Crippen LogP contribution in [0.3, 0.4) is 0 Å². The Bertz CT molecular complexity index is 471. The summed E-state index contributed by atoms with van der Waals surface area (Å²) in [4.78, 5) is 12.2. The van der Waals surface area contributed by atoms with Gasteiger partial charge >= 0.3 is 6.09 Å². The molecule has 5 nitrogen and oxygen atoms in total. The second-order valence-corrected chi connectivity index (χ2v) is 6.07. The molecule has 6 heteroatoms. The van der Waals surface area contributed by atoms with Gasteiger partial charge in [-0.25, -0.2) is 4.79 Å². The number of halogens is 1. The highest BCUT2D eigenvalue weighted by Gasteiger charge is 2.54. The van der Waals surface area contributed by atoms with Gasteiger partial charge in [0.25, 0.3) is 0 Å². The number of aryl methyl sites for hydroxylation is 1. The van der Waals surface area contributed by atoms with Crippen molar-refractivity contribution in [3.8, 4) is 0 Å². The van der Waals surface area contributed by atoms with Gasteiger partial charge in [0.1, 0.15) is 4.60 Å². The number of nitrogens with zero attached hydrogens (tertiary/aromatic N) is 3. The van der Waals surface area contributed by atoms with E-state index in [4.69, 9.17) is 5.11 Å². The standard InChI is InChI=1S/C11H14BrN3O2/c1-7-2-9(12)13-15(7)8-3-11(4-8)5-14(6-11)10(16)17/h2,8H,3-6H2,1H3,(H,16,17). The minimum Gasteiger partial charge on any atom is -0.465 e. The molecular weight excluding hydrogens is 286 g/mol. The largest absolute Gasteiger partial charge is 0.465 e. The molecule has 1 spiro atoms. The highest BCUT2D eigenvalue weighted by atomic mass is 79.9. The van der Waals surface area contributed by atoms with Gasteiger partial charge in [-0.3, -0.25) is 4.68 Å². The van der Waals surface area contributed by atoms with E-state index in [1.54, 1.807) is 0 Å². The van der Waals surface area contributed by atoms with Gasteiger partial charge in [0.2, 0.25) is 0 Å². The summed E-state index contributed by atoms with van der Waals surface area (Å²) in [5.74, 6) is 0. The molecule has 17 heavy (non-hydrogen) atoms. The van der Waals surface area contributed by atoms with Crippen LogP contribution in [0, 0.1) is 12.3 Å². The van der Waals surface area contributed by atoms with Crippen molar-refractivity contribution in [1.29, 1.82) is 0 Å². The Morgan fingerprint density at radius 3 is 2.71 bits per heavy atom. The SMILES string of the molecule is Cc1cc(Br)nn1C1CC2(C1)CN(C(=O)O)C2. The van der Waals surface area contributed by atoms with E-state index in [1.165, 1.54) is 4.90 Å². The van der Waals surface area contributed by atoms with Gasteiger partial charge in [-0.2, -0.15) is 5.10 Å². The Kier molecular flexibility index (Phi) is 2.26. The molecule has 0 aromatic carbocycles. The van der Waals surface area contributed by atoms with E-state index < -0.39 is 6.09 Å². The first-order valence-corrected chi connectivity index (χ1v) is 6.48. The number of amides is 1. The maximum atomic E-state index is 10.7. The third-order valence-electron chi connectivity index (χ3n) is 3.90. The van der Waals surface area contributed by atoms with Crippen molar-refractivity contribution < 1.29 is 9.90 Å². The Morgan fingerprint density at radius 2 is 2.24 bits per heavy atom. The molecule has 3 rings (SSSR count). The van der Waals surface area contributed by atoms with Gasteiger partial charge in [0.05, 0.1) is 6.04 Å². The van der Waals surface area contributed by atoms with E-state index in [9.17, 15) is 4.79 Å². The Hall–Kier alpha value is -1.04. The van der Waals surface area contributed by atoms with Crippen LogP contribution in [0.25, 0.3) is 0 Å². The fourth-order valence-electron chi connectivity index (χ4n) is 3.09. The summed E-state index contributed by atoms with van der Waals surface area (Å²) in [5.41, 5.74) is 1.40. The number of carbonyl (C=O) groups is 1. The summed E-state index contributed by atoms with van der Waals surface area (Å²) in [6.45, 7) is 3.44. The van der Waals surface area contributed by atoms with Gasteiger partial charge in [0.15, 0.2) is 0 Å². The van der Waals surface area contributed by atoms with Crippen LogP contribution in [-0.2, 0) is 0 Å². The minimum atomic E-state index is -0.794. The first kappa shape index (κ1) is 11.1. The third-order valence-corrected chi connectivity index (χ3v) is 4.29. The van der Waals surface area contributed by atoms with Crippen molar-refractivity contribution in [2.45, 2.75) is 25.8 Å². The number of hydrogen-bond donors (Lipinski definition) is 1. The van der Waals surface area contributed by atoms with Crippen molar-refractivity contribution in [3.63, 3.8) is 0 Å². The molecule has 1 saturated carbocycles.